The molecule has 6 aromatic carbocycles. The molecule has 0 bridgehead atoms. The highest BCUT2D eigenvalue weighted by Crippen LogP contribution is 2.55. The summed E-state index contributed by atoms with van der Waals surface area (Å²) in [5.74, 6) is -5.32. The molecule has 2 atom stereocenters. The van der Waals surface area contributed by atoms with Crippen LogP contribution in [0, 0.1) is 0 Å². The molecule has 1 aliphatic rings. The predicted octanol–water partition coefficient (Wildman–Crippen LogP) is 8.83. The first-order valence-corrected chi connectivity index (χ1v) is 22.1. The summed E-state index contributed by atoms with van der Waals surface area (Å²) in [5, 5.41) is 0. The molecule has 0 unspecified atom stereocenters. The van der Waals surface area contributed by atoms with Gasteiger partial charge in [-0.05, 0) is 34.4 Å². The summed E-state index contributed by atoms with van der Waals surface area (Å²) in [6.07, 6.45) is -2.66. The summed E-state index contributed by atoms with van der Waals surface area (Å²) < 4.78 is 72.5. The van der Waals surface area contributed by atoms with Crippen LogP contribution in [0.3, 0.4) is 0 Å². The summed E-state index contributed by atoms with van der Waals surface area (Å²) in [5.41, 5.74) is 1.77. The second kappa shape index (κ2) is 25.0. The second-order valence-electron chi connectivity index (χ2n) is 15.6. The average Bonchev–Trinajstić information content (AvgIpc) is 3.36. The first-order chi connectivity index (χ1) is 34.1. The lowest BCUT2D eigenvalue weighted by molar-refractivity contribution is -0.133. The van der Waals surface area contributed by atoms with Crippen molar-refractivity contribution in [1.82, 2.24) is 0 Å². The molecule has 1 aliphatic heterocycles. The van der Waals surface area contributed by atoms with Gasteiger partial charge in [-0.25, -0.2) is 9.59 Å². The van der Waals surface area contributed by atoms with E-state index in [4.69, 9.17) is 56.8 Å². The SMILES string of the molecule is COCOc1cc2c(c(OC(C)=O)c1OCc1ccccc1)-c1c(cc(OCOC)c(OCc3ccccc3)c1OC(C)=O)C(=O)O[C@@H](COCc1ccccc1)[C@H](COCc1ccccc1)OC2=O. The minimum absolute atomic E-state index is 0.102. The minimum atomic E-state index is -1.33. The number of fused-ring (bicyclic) bond motifs is 3. The van der Waals surface area contributed by atoms with E-state index >= 15 is 9.59 Å². The number of rotatable bonds is 22. The number of hydrogen-bond acceptors (Lipinski definition) is 16. The van der Waals surface area contributed by atoms with Crippen molar-refractivity contribution in [2.45, 2.75) is 52.5 Å². The van der Waals surface area contributed by atoms with E-state index in [0.29, 0.717) is 11.1 Å². The fourth-order valence-corrected chi connectivity index (χ4v) is 7.30. The molecule has 16 heteroatoms. The topological polar surface area (TPSA) is 179 Å². The van der Waals surface area contributed by atoms with Crippen molar-refractivity contribution in [1.29, 1.82) is 0 Å². The van der Waals surface area contributed by atoms with E-state index in [1.807, 2.05) is 121 Å². The summed E-state index contributed by atoms with van der Waals surface area (Å²) in [4.78, 5) is 57.3. The van der Waals surface area contributed by atoms with E-state index in [-0.39, 0.29) is 98.5 Å². The summed E-state index contributed by atoms with van der Waals surface area (Å²) >= 11 is 0. The minimum Gasteiger partial charge on any atom is -0.482 e. The Bertz CT molecular complexity index is 2510. The van der Waals surface area contributed by atoms with Gasteiger partial charge in [0.1, 0.15) is 13.2 Å². The molecular formula is C54H52O16. The third kappa shape index (κ3) is 13.3. The normalized spacial score (nSPS) is 14.2. The Morgan fingerprint density at radius 3 is 1.10 bits per heavy atom. The van der Waals surface area contributed by atoms with Crippen molar-refractivity contribution < 1.29 is 76.0 Å². The van der Waals surface area contributed by atoms with Crippen molar-refractivity contribution in [2.24, 2.45) is 0 Å². The van der Waals surface area contributed by atoms with Gasteiger partial charge in [0, 0.05) is 39.2 Å². The number of carbonyl (C=O) groups is 4. The van der Waals surface area contributed by atoms with Crippen LogP contribution in [0.15, 0.2) is 133 Å². The fourth-order valence-electron chi connectivity index (χ4n) is 7.30. The molecule has 0 radical (unpaired) electrons. The lowest BCUT2D eigenvalue weighted by Crippen LogP contribution is -2.42. The number of benzene rings is 6. The van der Waals surface area contributed by atoms with Gasteiger partial charge >= 0.3 is 23.9 Å². The molecule has 16 nitrogen and oxygen atoms in total. The molecule has 0 saturated heterocycles. The second-order valence-corrected chi connectivity index (χ2v) is 15.6. The van der Waals surface area contributed by atoms with Crippen LogP contribution in [0.1, 0.15) is 56.8 Å². The van der Waals surface area contributed by atoms with Gasteiger partial charge in [-0.15, -0.1) is 0 Å². The van der Waals surface area contributed by atoms with Crippen molar-refractivity contribution in [2.75, 3.05) is 41.0 Å². The lowest BCUT2D eigenvalue weighted by atomic mass is 9.91. The third-order valence-corrected chi connectivity index (χ3v) is 10.4. The Kier molecular flexibility index (Phi) is 17.9. The highest BCUT2D eigenvalue weighted by molar-refractivity contribution is 6.09. The summed E-state index contributed by atoms with van der Waals surface area (Å²) in [6, 6.07) is 39.3. The van der Waals surface area contributed by atoms with Gasteiger partial charge in [-0.2, -0.15) is 0 Å². The molecule has 70 heavy (non-hydrogen) atoms. The number of methoxy groups -OCH3 is 2. The number of esters is 4. The van der Waals surface area contributed by atoms with Gasteiger partial charge in [0.2, 0.25) is 11.5 Å². The Balaban J connectivity index is 1.50. The molecule has 0 amide bonds. The van der Waals surface area contributed by atoms with E-state index in [9.17, 15) is 9.59 Å². The Labute approximate surface area is 404 Å². The van der Waals surface area contributed by atoms with Crippen LogP contribution in [-0.2, 0) is 64.4 Å². The van der Waals surface area contributed by atoms with Crippen LogP contribution in [0.25, 0.3) is 11.1 Å². The fraction of sp³-hybridized carbons (Fsp3) is 0.259. The standard InChI is InChI=1S/C54H52O16/c1-35(55)67-51-47-41(25-43(65-33-59-3)49(51)63-29-39-21-13-7-14-22-39)53(57)69-45(31-61-27-37-17-9-5-10-18-37)46(32-62-28-38-19-11-6-12-20-38)70-54(58)42-26-44(66-34-60-4)50(52(48(42)47)68-36(2)56)64-30-40-23-15-8-16-24-40/h5-26,45-46H,27-34H2,1-4H3/t45-,46-/m0/s1. The summed E-state index contributed by atoms with van der Waals surface area (Å²) in [6.45, 7) is 0.977. The van der Waals surface area contributed by atoms with Crippen LogP contribution >= 0.6 is 0 Å². The lowest BCUT2D eigenvalue weighted by Gasteiger charge is -2.30. The molecule has 0 spiro atoms. The number of ether oxygens (including phenoxy) is 12. The zero-order valence-corrected chi connectivity index (χ0v) is 39.0. The average molecular weight is 957 g/mol. The summed E-state index contributed by atoms with van der Waals surface area (Å²) in [7, 11) is 2.78. The van der Waals surface area contributed by atoms with Gasteiger partial charge in [0.05, 0.1) is 37.6 Å². The molecule has 1 heterocycles. The Morgan fingerprint density at radius 1 is 0.457 bits per heavy atom. The van der Waals surface area contributed by atoms with Crippen LogP contribution < -0.4 is 28.4 Å². The quantitative estimate of drug-likeness (QED) is 0.0358. The molecule has 7 rings (SSSR count). The number of carbonyl (C=O) groups excluding carboxylic acids is 4. The first kappa shape index (κ1) is 50.1. The molecule has 6 aromatic rings. The molecular weight excluding hydrogens is 905 g/mol. The highest BCUT2D eigenvalue weighted by Gasteiger charge is 2.40. The molecule has 0 fully saturated rings. The maximum absolute atomic E-state index is 15.3. The van der Waals surface area contributed by atoms with Crippen LogP contribution in [0.2, 0.25) is 0 Å². The van der Waals surface area contributed by atoms with Crippen molar-refractivity contribution in [3.8, 4) is 45.6 Å². The molecule has 364 valence electrons. The molecule has 0 saturated carbocycles. The highest BCUT2D eigenvalue weighted by atomic mass is 16.7. The maximum atomic E-state index is 15.3. The zero-order chi connectivity index (χ0) is 49.2. The zero-order valence-electron chi connectivity index (χ0n) is 39.0. The first-order valence-electron chi connectivity index (χ1n) is 22.1. The third-order valence-electron chi connectivity index (χ3n) is 10.4. The number of hydrogen-bond donors (Lipinski definition) is 0. The van der Waals surface area contributed by atoms with Crippen molar-refractivity contribution in [3.05, 3.63) is 167 Å². The van der Waals surface area contributed by atoms with Crippen molar-refractivity contribution in [3.63, 3.8) is 0 Å². The van der Waals surface area contributed by atoms with Crippen LogP contribution in [0.5, 0.6) is 34.5 Å². The van der Waals surface area contributed by atoms with E-state index in [1.165, 1.54) is 26.4 Å². The van der Waals surface area contributed by atoms with Crippen LogP contribution in [0.4, 0.5) is 0 Å². The van der Waals surface area contributed by atoms with Gasteiger partial charge in [0.15, 0.2) is 48.8 Å². The van der Waals surface area contributed by atoms with Gasteiger partial charge in [0.25, 0.3) is 0 Å². The van der Waals surface area contributed by atoms with Gasteiger partial charge in [-0.3, -0.25) is 9.59 Å². The van der Waals surface area contributed by atoms with E-state index < -0.39 is 47.6 Å². The predicted molar refractivity (Wildman–Crippen MR) is 252 cm³/mol. The molecule has 0 N–H and O–H groups in total. The smallest absolute Gasteiger partial charge is 0.339 e. The van der Waals surface area contributed by atoms with E-state index in [2.05, 4.69) is 0 Å². The van der Waals surface area contributed by atoms with Gasteiger partial charge < -0.3 is 56.8 Å². The number of cyclic esters (lactones) is 2. The molecule has 0 aliphatic carbocycles. The monoisotopic (exact) mass is 956 g/mol. The Morgan fingerprint density at radius 2 is 0.786 bits per heavy atom. The largest absolute Gasteiger partial charge is 0.482 e. The van der Waals surface area contributed by atoms with E-state index in [0.717, 1.165) is 25.0 Å². The van der Waals surface area contributed by atoms with Crippen LogP contribution in [-0.4, -0.2) is 77.1 Å². The Hall–Kier alpha value is -7.76. The maximum Gasteiger partial charge on any atom is 0.339 e. The van der Waals surface area contributed by atoms with Crippen molar-refractivity contribution >= 4 is 23.9 Å². The molecule has 0 aromatic heterocycles. The van der Waals surface area contributed by atoms with E-state index in [1.54, 1.807) is 0 Å². The van der Waals surface area contributed by atoms with Gasteiger partial charge in [-0.1, -0.05) is 121 Å².